The van der Waals surface area contributed by atoms with E-state index >= 15 is 0 Å². The first kappa shape index (κ1) is 18.4. The average molecular weight is 391 g/mol. The quantitative estimate of drug-likeness (QED) is 0.797. The molecule has 1 atom stereocenters. The van der Waals surface area contributed by atoms with Crippen molar-refractivity contribution in [2.24, 2.45) is 0 Å². The zero-order valence-electron chi connectivity index (χ0n) is 14.4. The van der Waals surface area contributed by atoms with Crippen molar-refractivity contribution in [2.75, 3.05) is 5.32 Å². The van der Waals surface area contributed by atoms with E-state index in [1.165, 1.54) is 19.1 Å². The van der Waals surface area contributed by atoms with E-state index in [-0.39, 0.29) is 21.2 Å². The standard InChI is InChI=1S/C19H16Cl2N2O3/c1-9-4-10(2)6-12(5-9)22-17(24)11(3)23-18(25)13-7-15(20)16(21)8-14(13)19(23)26/h4-8,11H,1-3H3,(H,22,24). The predicted octanol–water partition coefficient (Wildman–Crippen LogP) is 4.23. The molecule has 1 heterocycles. The molecule has 3 amide bonds. The minimum Gasteiger partial charge on any atom is -0.324 e. The van der Waals surface area contributed by atoms with Gasteiger partial charge < -0.3 is 5.32 Å². The maximum Gasteiger partial charge on any atom is 0.262 e. The van der Waals surface area contributed by atoms with Crippen molar-refractivity contribution in [1.82, 2.24) is 4.90 Å². The van der Waals surface area contributed by atoms with Crippen LogP contribution >= 0.6 is 23.2 Å². The fraction of sp³-hybridized carbons (Fsp3) is 0.211. The van der Waals surface area contributed by atoms with Crippen LogP contribution < -0.4 is 5.32 Å². The first-order valence-corrected chi connectivity index (χ1v) is 8.70. The number of imide groups is 1. The van der Waals surface area contributed by atoms with E-state index < -0.39 is 23.8 Å². The fourth-order valence-electron chi connectivity index (χ4n) is 3.02. The van der Waals surface area contributed by atoms with Crippen molar-refractivity contribution >= 4 is 46.6 Å². The van der Waals surface area contributed by atoms with E-state index in [0.29, 0.717) is 5.69 Å². The van der Waals surface area contributed by atoms with Crippen molar-refractivity contribution < 1.29 is 14.4 Å². The fourth-order valence-corrected chi connectivity index (χ4v) is 3.34. The molecular formula is C19H16Cl2N2O3. The first-order chi connectivity index (χ1) is 12.2. The molecule has 7 heteroatoms. The summed E-state index contributed by atoms with van der Waals surface area (Å²) < 4.78 is 0. The smallest absolute Gasteiger partial charge is 0.262 e. The van der Waals surface area contributed by atoms with Gasteiger partial charge in [-0.05, 0) is 56.2 Å². The number of rotatable bonds is 3. The molecule has 1 unspecified atom stereocenters. The lowest BCUT2D eigenvalue weighted by molar-refractivity contribution is -0.119. The number of anilines is 1. The van der Waals surface area contributed by atoms with Crippen LogP contribution in [0.1, 0.15) is 38.8 Å². The summed E-state index contributed by atoms with van der Waals surface area (Å²) in [6.45, 7) is 5.34. The van der Waals surface area contributed by atoms with Crippen LogP contribution in [0.15, 0.2) is 30.3 Å². The highest BCUT2D eigenvalue weighted by Crippen LogP contribution is 2.32. The number of halogens is 2. The number of nitrogens with zero attached hydrogens (tertiary/aromatic N) is 1. The van der Waals surface area contributed by atoms with Crippen LogP contribution in [-0.4, -0.2) is 28.7 Å². The second kappa shape index (κ2) is 6.74. The lowest BCUT2D eigenvalue weighted by Crippen LogP contribution is -2.45. The Bertz CT molecular complexity index is 895. The van der Waals surface area contributed by atoms with Crippen molar-refractivity contribution in [1.29, 1.82) is 0 Å². The molecule has 2 aromatic rings. The largest absolute Gasteiger partial charge is 0.324 e. The summed E-state index contributed by atoms with van der Waals surface area (Å²) >= 11 is 11.9. The molecule has 0 bridgehead atoms. The molecule has 0 aromatic heterocycles. The molecule has 0 saturated carbocycles. The van der Waals surface area contributed by atoms with Crippen molar-refractivity contribution in [3.8, 4) is 0 Å². The van der Waals surface area contributed by atoms with E-state index in [1.807, 2.05) is 32.0 Å². The highest BCUT2D eigenvalue weighted by atomic mass is 35.5. The Morgan fingerprint density at radius 2 is 1.38 bits per heavy atom. The first-order valence-electron chi connectivity index (χ1n) is 7.95. The van der Waals surface area contributed by atoms with Gasteiger partial charge in [0.2, 0.25) is 5.91 Å². The minimum atomic E-state index is -0.985. The van der Waals surface area contributed by atoms with Crippen LogP contribution in [0.3, 0.4) is 0 Å². The van der Waals surface area contributed by atoms with Gasteiger partial charge in [-0.25, -0.2) is 0 Å². The minimum absolute atomic E-state index is 0.149. The van der Waals surface area contributed by atoms with Gasteiger partial charge in [-0.1, -0.05) is 29.3 Å². The molecule has 1 aliphatic rings. The van der Waals surface area contributed by atoms with Gasteiger partial charge in [0.25, 0.3) is 11.8 Å². The van der Waals surface area contributed by atoms with Gasteiger partial charge in [0, 0.05) is 5.69 Å². The molecule has 0 aliphatic carbocycles. The normalized spacial score (nSPS) is 14.4. The number of benzene rings is 2. The SMILES string of the molecule is Cc1cc(C)cc(NC(=O)C(C)N2C(=O)c3cc(Cl)c(Cl)cc3C2=O)c1. The van der Waals surface area contributed by atoms with E-state index in [0.717, 1.165) is 16.0 Å². The highest BCUT2D eigenvalue weighted by Gasteiger charge is 2.41. The number of nitrogens with one attached hydrogen (secondary N) is 1. The maximum atomic E-state index is 12.6. The number of amides is 3. The Hall–Kier alpha value is -2.37. The number of carbonyl (C=O) groups excluding carboxylic acids is 3. The molecule has 0 radical (unpaired) electrons. The molecule has 26 heavy (non-hydrogen) atoms. The Labute approximate surface area is 160 Å². The van der Waals surface area contributed by atoms with E-state index in [2.05, 4.69) is 5.32 Å². The highest BCUT2D eigenvalue weighted by molar-refractivity contribution is 6.43. The summed E-state index contributed by atoms with van der Waals surface area (Å²) in [6.07, 6.45) is 0. The van der Waals surface area contributed by atoms with Crippen LogP contribution in [0.25, 0.3) is 0 Å². The zero-order valence-corrected chi connectivity index (χ0v) is 15.9. The van der Waals surface area contributed by atoms with Gasteiger partial charge in [0.1, 0.15) is 6.04 Å². The second-order valence-corrected chi connectivity index (χ2v) is 7.15. The van der Waals surface area contributed by atoms with Gasteiger partial charge in [-0.3, -0.25) is 19.3 Å². The van der Waals surface area contributed by atoms with E-state index in [1.54, 1.807) is 0 Å². The molecule has 0 fully saturated rings. The number of aryl methyl sites for hydroxylation is 2. The molecule has 0 saturated heterocycles. The molecule has 0 spiro atoms. The third-order valence-electron chi connectivity index (χ3n) is 4.21. The molecular weight excluding hydrogens is 375 g/mol. The summed E-state index contributed by atoms with van der Waals surface area (Å²) in [5.41, 5.74) is 2.91. The van der Waals surface area contributed by atoms with Gasteiger partial charge >= 0.3 is 0 Å². The molecule has 5 nitrogen and oxygen atoms in total. The number of fused-ring (bicyclic) bond motifs is 1. The van der Waals surface area contributed by atoms with E-state index in [9.17, 15) is 14.4 Å². The lowest BCUT2D eigenvalue weighted by Gasteiger charge is -2.22. The molecule has 1 N–H and O–H groups in total. The summed E-state index contributed by atoms with van der Waals surface area (Å²) in [5, 5.41) is 3.12. The maximum absolute atomic E-state index is 12.6. The molecule has 1 aliphatic heterocycles. The monoisotopic (exact) mass is 390 g/mol. The van der Waals surface area contributed by atoms with Crippen LogP contribution in [0.4, 0.5) is 5.69 Å². The average Bonchev–Trinajstić information content (AvgIpc) is 2.77. The Balaban J connectivity index is 1.86. The summed E-state index contributed by atoms with van der Waals surface area (Å²) in [4.78, 5) is 38.7. The summed E-state index contributed by atoms with van der Waals surface area (Å²) in [5.74, 6) is -1.58. The van der Waals surface area contributed by atoms with Gasteiger partial charge in [-0.15, -0.1) is 0 Å². The Morgan fingerprint density at radius 3 is 1.85 bits per heavy atom. The topological polar surface area (TPSA) is 66.5 Å². The Kier molecular flexibility index (Phi) is 4.78. The molecule has 3 rings (SSSR count). The number of hydrogen-bond acceptors (Lipinski definition) is 3. The summed E-state index contributed by atoms with van der Waals surface area (Å²) in [7, 11) is 0. The van der Waals surface area contributed by atoms with Gasteiger partial charge in [0.05, 0.1) is 21.2 Å². The Morgan fingerprint density at radius 1 is 0.923 bits per heavy atom. The van der Waals surface area contributed by atoms with Crippen molar-refractivity contribution in [3.05, 3.63) is 62.6 Å². The second-order valence-electron chi connectivity index (χ2n) is 6.33. The number of hydrogen-bond donors (Lipinski definition) is 1. The predicted molar refractivity (Wildman–Crippen MR) is 101 cm³/mol. The molecule has 2 aromatic carbocycles. The van der Waals surface area contributed by atoms with Crippen LogP contribution in [-0.2, 0) is 4.79 Å². The van der Waals surface area contributed by atoms with E-state index in [4.69, 9.17) is 23.2 Å². The van der Waals surface area contributed by atoms with Gasteiger partial charge in [-0.2, -0.15) is 0 Å². The third-order valence-corrected chi connectivity index (χ3v) is 4.94. The molecule has 134 valence electrons. The summed E-state index contributed by atoms with van der Waals surface area (Å²) in [6, 6.07) is 7.35. The van der Waals surface area contributed by atoms with Crippen LogP contribution in [0, 0.1) is 13.8 Å². The van der Waals surface area contributed by atoms with Crippen molar-refractivity contribution in [2.45, 2.75) is 26.8 Å². The third kappa shape index (κ3) is 3.20. The lowest BCUT2D eigenvalue weighted by atomic mass is 10.1. The number of carbonyl (C=O) groups is 3. The van der Waals surface area contributed by atoms with Crippen LogP contribution in [0.5, 0.6) is 0 Å². The van der Waals surface area contributed by atoms with Crippen LogP contribution in [0.2, 0.25) is 10.0 Å². The zero-order chi connectivity index (χ0) is 19.2. The van der Waals surface area contributed by atoms with Gasteiger partial charge in [0.15, 0.2) is 0 Å². The van der Waals surface area contributed by atoms with Crippen molar-refractivity contribution in [3.63, 3.8) is 0 Å².